The van der Waals surface area contributed by atoms with Gasteiger partial charge in [0.25, 0.3) is 0 Å². The zero-order valence-electron chi connectivity index (χ0n) is 16.9. The van der Waals surface area contributed by atoms with Crippen molar-refractivity contribution in [2.75, 3.05) is 52.5 Å². The number of quaternary nitrogens is 1. The van der Waals surface area contributed by atoms with Crippen LogP contribution in [0.15, 0.2) is 29.2 Å². The fourth-order valence-electron chi connectivity index (χ4n) is 3.76. The molecule has 3 rings (SSSR count). The topological polar surface area (TPSA) is 97.6 Å². The average molecular weight is 428 g/mol. The van der Waals surface area contributed by atoms with Crippen molar-refractivity contribution in [2.24, 2.45) is 0 Å². The van der Waals surface area contributed by atoms with Crippen LogP contribution < -0.4 is 4.90 Å². The maximum absolute atomic E-state index is 12.8. The van der Waals surface area contributed by atoms with Gasteiger partial charge in [-0.1, -0.05) is 12.1 Å². The summed E-state index contributed by atoms with van der Waals surface area (Å²) < 4.78 is 38.2. The quantitative estimate of drug-likeness (QED) is 0.508. The van der Waals surface area contributed by atoms with Gasteiger partial charge in [0, 0.05) is 12.2 Å². The van der Waals surface area contributed by atoms with Gasteiger partial charge in [-0.15, -0.1) is 0 Å². The van der Waals surface area contributed by atoms with E-state index < -0.39 is 16.1 Å². The lowest BCUT2D eigenvalue weighted by Gasteiger charge is -2.32. The van der Waals surface area contributed by atoms with Crippen LogP contribution >= 0.6 is 0 Å². The molecular formula is C20H31N2O6S+. The van der Waals surface area contributed by atoms with E-state index in [9.17, 15) is 18.3 Å². The number of piperazine rings is 1. The molecule has 0 spiro atoms. The molecule has 8 nitrogen and oxygen atoms in total. The number of Topliss-reactive ketones (excluding diaryl/α,β-unsaturated/α-hetero) is 1. The Morgan fingerprint density at radius 3 is 2.59 bits per heavy atom. The SMILES string of the molecule is CC(=O)c1ccc(S(=O)(=O)N2CC[NH+](C[C@@H](O)COC[C@H]3CCCO3)CC2)cc1. The van der Waals surface area contributed by atoms with Crippen molar-refractivity contribution in [1.29, 1.82) is 0 Å². The Morgan fingerprint density at radius 2 is 2.00 bits per heavy atom. The number of benzene rings is 1. The highest BCUT2D eigenvalue weighted by molar-refractivity contribution is 7.89. The largest absolute Gasteiger partial charge is 0.385 e. The Kier molecular flexibility index (Phi) is 7.78. The van der Waals surface area contributed by atoms with E-state index in [2.05, 4.69) is 0 Å². The smallest absolute Gasteiger partial charge is 0.243 e. The monoisotopic (exact) mass is 427 g/mol. The number of carbonyl (C=O) groups is 1. The number of nitrogens with one attached hydrogen (secondary N) is 1. The molecule has 1 aromatic carbocycles. The summed E-state index contributed by atoms with van der Waals surface area (Å²) in [6, 6.07) is 6.06. The van der Waals surface area contributed by atoms with Gasteiger partial charge in [-0.05, 0) is 31.9 Å². The zero-order chi connectivity index (χ0) is 20.9. The van der Waals surface area contributed by atoms with Crippen LogP contribution in [0.1, 0.15) is 30.1 Å². The lowest BCUT2D eigenvalue weighted by molar-refractivity contribution is -0.906. The zero-order valence-corrected chi connectivity index (χ0v) is 17.7. The first-order valence-corrected chi connectivity index (χ1v) is 11.6. The Hall–Kier alpha value is -1.36. The van der Waals surface area contributed by atoms with Crippen LogP contribution in [0, 0.1) is 0 Å². The molecule has 2 aliphatic rings. The summed E-state index contributed by atoms with van der Waals surface area (Å²) in [6.07, 6.45) is 1.64. The number of aliphatic hydroxyl groups is 1. The van der Waals surface area contributed by atoms with Gasteiger partial charge >= 0.3 is 0 Å². The van der Waals surface area contributed by atoms with Crippen LogP contribution in [0.3, 0.4) is 0 Å². The summed E-state index contributed by atoms with van der Waals surface area (Å²) in [4.78, 5) is 12.7. The van der Waals surface area contributed by atoms with Crippen LogP contribution in [-0.2, 0) is 19.5 Å². The minimum Gasteiger partial charge on any atom is -0.385 e. The van der Waals surface area contributed by atoms with Crippen LogP contribution in [-0.4, -0.2) is 88.4 Å². The molecule has 0 bridgehead atoms. The van der Waals surface area contributed by atoms with Crippen molar-refractivity contribution >= 4 is 15.8 Å². The molecule has 0 radical (unpaired) electrons. The van der Waals surface area contributed by atoms with E-state index in [1.807, 2.05) is 0 Å². The Balaban J connectivity index is 1.43. The fraction of sp³-hybridized carbons (Fsp3) is 0.650. The Labute approximate surface area is 172 Å². The van der Waals surface area contributed by atoms with E-state index in [0.29, 0.717) is 44.9 Å². The second-order valence-corrected chi connectivity index (χ2v) is 9.70. The number of sulfonamides is 1. The summed E-state index contributed by atoms with van der Waals surface area (Å²) in [5.41, 5.74) is 0.494. The van der Waals surface area contributed by atoms with Crippen molar-refractivity contribution < 1.29 is 32.7 Å². The lowest BCUT2D eigenvalue weighted by Crippen LogP contribution is -3.15. The predicted octanol–water partition coefficient (Wildman–Crippen LogP) is -0.665. The van der Waals surface area contributed by atoms with Gasteiger partial charge in [0.05, 0.1) is 50.4 Å². The van der Waals surface area contributed by atoms with E-state index in [4.69, 9.17) is 9.47 Å². The number of hydrogen-bond acceptors (Lipinski definition) is 6. The first-order chi connectivity index (χ1) is 13.9. The fourth-order valence-corrected chi connectivity index (χ4v) is 5.20. The van der Waals surface area contributed by atoms with E-state index >= 15 is 0 Å². The molecule has 2 heterocycles. The van der Waals surface area contributed by atoms with Gasteiger partial charge in [-0.3, -0.25) is 4.79 Å². The van der Waals surface area contributed by atoms with E-state index in [1.54, 1.807) is 12.1 Å². The van der Waals surface area contributed by atoms with E-state index in [0.717, 1.165) is 24.3 Å². The summed E-state index contributed by atoms with van der Waals surface area (Å²) in [5, 5.41) is 10.2. The molecule has 2 saturated heterocycles. The second kappa shape index (κ2) is 10.1. The number of aliphatic hydroxyl groups excluding tert-OH is 1. The minimum atomic E-state index is -3.57. The average Bonchev–Trinajstić information content (AvgIpc) is 3.22. The molecule has 0 saturated carbocycles. The molecule has 1 aromatic rings. The molecule has 162 valence electrons. The predicted molar refractivity (Wildman–Crippen MR) is 107 cm³/mol. The maximum atomic E-state index is 12.8. The number of ether oxygens (including phenoxy) is 2. The lowest BCUT2D eigenvalue weighted by atomic mass is 10.2. The first kappa shape index (κ1) is 22.3. The van der Waals surface area contributed by atoms with Gasteiger partial charge in [0.1, 0.15) is 12.6 Å². The third-order valence-electron chi connectivity index (χ3n) is 5.49. The van der Waals surface area contributed by atoms with Crippen LogP contribution in [0.25, 0.3) is 0 Å². The van der Waals surface area contributed by atoms with Gasteiger partial charge < -0.3 is 19.5 Å². The van der Waals surface area contributed by atoms with Crippen LogP contribution in [0.5, 0.6) is 0 Å². The van der Waals surface area contributed by atoms with Crippen LogP contribution in [0.4, 0.5) is 0 Å². The van der Waals surface area contributed by atoms with Crippen molar-refractivity contribution in [2.45, 2.75) is 36.9 Å². The van der Waals surface area contributed by atoms with Crippen LogP contribution in [0.2, 0.25) is 0 Å². The van der Waals surface area contributed by atoms with E-state index in [1.165, 1.54) is 23.4 Å². The number of rotatable bonds is 9. The number of nitrogens with zero attached hydrogens (tertiary/aromatic N) is 1. The third-order valence-corrected chi connectivity index (χ3v) is 7.40. The molecule has 9 heteroatoms. The van der Waals surface area contributed by atoms with Gasteiger partial charge in [-0.2, -0.15) is 4.31 Å². The molecule has 0 aliphatic carbocycles. The molecule has 0 aromatic heterocycles. The Bertz CT molecular complexity index is 769. The molecular weight excluding hydrogens is 396 g/mol. The number of hydrogen-bond donors (Lipinski definition) is 2. The highest BCUT2D eigenvalue weighted by Gasteiger charge is 2.31. The van der Waals surface area contributed by atoms with E-state index in [-0.39, 0.29) is 23.4 Å². The highest BCUT2D eigenvalue weighted by atomic mass is 32.2. The van der Waals surface area contributed by atoms with Gasteiger partial charge in [-0.25, -0.2) is 8.42 Å². The molecule has 0 amide bonds. The van der Waals surface area contributed by atoms with Crippen molar-refractivity contribution in [3.8, 4) is 0 Å². The standard InChI is InChI=1S/C20H30N2O6S/c1-16(23)17-4-6-20(7-5-17)29(25,26)22-10-8-21(9-11-22)13-18(24)14-27-15-19-3-2-12-28-19/h4-7,18-19,24H,2-3,8-15H2,1H3/p+1/t18-,19-/m1/s1. The number of ketones is 1. The third kappa shape index (κ3) is 6.07. The summed E-state index contributed by atoms with van der Waals surface area (Å²) in [6.45, 7) is 5.62. The van der Waals surface area contributed by atoms with Crippen molar-refractivity contribution in [1.82, 2.24) is 4.31 Å². The molecule has 2 fully saturated rings. The molecule has 29 heavy (non-hydrogen) atoms. The molecule has 2 aliphatic heterocycles. The number of carbonyl (C=O) groups excluding carboxylic acids is 1. The molecule has 0 unspecified atom stereocenters. The maximum Gasteiger partial charge on any atom is 0.243 e. The summed E-state index contributed by atoms with van der Waals surface area (Å²) in [7, 11) is -3.57. The van der Waals surface area contributed by atoms with Crippen molar-refractivity contribution in [3.05, 3.63) is 29.8 Å². The molecule has 2 atom stereocenters. The summed E-state index contributed by atoms with van der Waals surface area (Å²) in [5.74, 6) is -0.0931. The molecule has 2 N–H and O–H groups in total. The second-order valence-electron chi connectivity index (χ2n) is 7.77. The summed E-state index contributed by atoms with van der Waals surface area (Å²) >= 11 is 0. The highest BCUT2D eigenvalue weighted by Crippen LogP contribution is 2.17. The van der Waals surface area contributed by atoms with Gasteiger partial charge in [0.15, 0.2) is 5.78 Å². The van der Waals surface area contributed by atoms with Gasteiger partial charge in [0.2, 0.25) is 10.0 Å². The Morgan fingerprint density at radius 1 is 1.31 bits per heavy atom. The minimum absolute atomic E-state index is 0.0931. The normalized spacial score (nSPS) is 22.6. The first-order valence-electron chi connectivity index (χ1n) is 10.2. The van der Waals surface area contributed by atoms with Crippen molar-refractivity contribution in [3.63, 3.8) is 0 Å².